The summed E-state index contributed by atoms with van der Waals surface area (Å²) in [5, 5.41) is 9.91. The molecule has 0 saturated heterocycles. The lowest BCUT2D eigenvalue weighted by molar-refractivity contribution is -0.286. The lowest BCUT2D eigenvalue weighted by Crippen LogP contribution is -2.26. The zero-order valence-electron chi connectivity index (χ0n) is 11.0. The van der Waals surface area contributed by atoms with Gasteiger partial charge in [0.1, 0.15) is 0 Å². The maximum absolute atomic E-state index is 12.9. The topological polar surface area (TPSA) is 64.7 Å². The molecule has 0 unspecified atom stereocenters. The first-order valence-corrected chi connectivity index (χ1v) is 6.26. The molecular weight excluding hydrogens is 292 g/mol. The summed E-state index contributed by atoms with van der Waals surface area (Å²) < 4.78 is 34.4. The van der Waals surface area contributed by atoms with Crippen molar-refractivity contribution in [1.29, 1.82) is 0 Å². The molecule has 3 N–H and O–H groups in total. The minimum atomic E-state index is -3.63. The zero-order chi connectivity index (χ0) is 14.0. The second kappa shape index (κ2) is 6.56. The van der Waals surface area contributed by atoms with Gasteiger partial charge in [-0.15, -0.1) is 21.2 Å². The van der Waals surface area contributed by atoms with Crippen molar-refractivity contribution in [1.82, 2.24) is 0 Å². The molecule has 0 aliphatic carbocycles. The van der Waals surface area contributed by atoms with Gasteiger partial charge in [-0.25, -0.2) is 0 Å². The fraction of sp³-hybridized carbons (Fsp3) is 0.538. The molecule has 0 fully saturated rings. The van der Waals surface area contributed by atoms with E-state index in [0.717, 1.165) is 12.8 Å². The number of rotatable bonds is 5. The van der Waals surface area contributed by atoms with E-state index in [0.29, 0.717) is 12.0 Å². The van der Waals surface area contributed by atoms with Crippen molar-refractivity contribution in [3.8, 4) is 11.5 Å². The third-order valence-electron chi connectivity index (χ3n) is 3.08. The maximum atomic E-state index is 12.9. The van der Waals surface area contributed by atoms with Crippen LogP contribution in [0.15, 0.2) is 18.2 Å². The van der Waals surface area contributed by atoms with Crippen LogP contribution in [-0.4, -0.2) is 17.5 Å². The summed E-state index contributed by atoms with van der Waals surface area (Å²) in [6.07, 6.45) is -1.95. The summed E-state index contributed by atoms with van der Waals surface area (Å²) in [5.74, 6) is -0.0790. The van der Waals surface area contributed by atoms with Crippen molar-refractivity contribution < 1.29 is 23.4 Å². The highest BCUT2D eigenvalue weighted by molar-refractivity contribution is 5.85. The number of benzene rings is 1. The quantitative estimate of drug-likeness (QED) is 0.877. The van der Waals surface area contributed by atoms with Gasteiger partial charge in [-0.2, -0.15) is 0 Å². The molecule has 1 aromatic carbocycles. The number of halogens is 3. The van der Waals surface area contributed by atoms with E-state index in [1.807, 2.05) is 6.92 Å². The van der Waals surface area contributed by atoms with Crippen molar-refractivity contribution in [2.75, 3.05) is 0 Å². The van der Waals surface area contributed by atoms with Crippen molar-refractivity contribution >= 4 is 12.4 Å². The summed E-state index contributed by atoms with van der Waals surface area (Å²) in [7, 11) is 0. The van der Waals surface area contributed by atoms with Crippen molar-refractivity contribution in [2.45, 2.75) is 44.6 Å². The first-order chi connectivity index (χ1) is 8.93. The van der Waals surface area contributed by atoms with Gasteiger partial charge < -0.3 is 20.3 Å². The number of aliphatic hydroxyl groups excluding tert-OH is 1. The van der Waals surface area contributed by atoms with Gasteiger partial charge in [0.05, 0.1) is 12.1 Å². The number of aliphatic hydroxyl groups is 1. The maximum Gasteiger partial charge on any atom is 0.586 e. The summed E-state index contributed by atoms with van der Waals surface area (Å²) >= 11 is 0. The molecule has 0 bridgehead atoms. The number of ether oxygens (including phenoxy) is 2. The Kier molecular flexibility index (Phi) is 5.56. The van der Waals surface area contributed by atoms with E-state index in [1.165, 1.54) is 12.1 Å². The van der Waals surface area contributed by atoms with Crippen LogP contribution in [0, 0.1) is 0 Å². The number of unbranched alkanes of at least 4 members (excludes halogenated alkanes) is 1. The van der Waals surface area contributed by atoms with Gasteiger partial charge >= 0.3 is 6.29 Å². The standard InChI is InChI=1S/C13H17F2NO3.ClH/c1-2-3-4-9(17)12(16)8-5-6-10-11(7-8)19-13(14,15)18-10;/h5-7,9,12,17H,2-4,16H2,1H3;1H/t9-,12+;/m0./s1. The van der Waals surface area contributed by atoms with Gasteiger partial charge in [-0.05, 0) is 24.1 Å². The van der Waals surface area contributed by atoms with Gasteiger partial charge in [0, 0.05) is 0 Å². The number of fused-ring (bicyclic) bond motifs is 1. The summed E-state index contributed by atoms with van der Waals surface area (Å²) in [4.78, 5) is 0. The lowest BCUT2D eigenvalue weighted by atomic mass is 9.98. The highest BCUT2D eigenvalue weighted by Crippen LogP contribution is 2.42. The molecule has 2 atom stereocenters. The predicted octanol–water partition coefficient (Wildman–Crippen LogP) is 2.98. The highest BCUT2D eigenvalue weighted by Gasteiger charge is 2.43. The lowest BCUT2D eigenvalue weighted by Gasteiger charge is -2.19. The van der Waals surface area contributed by atoms with Crippen LogP contribution in [-0.2, 0) is 0 Å². The predicted molar refractivity (Wildman–Crippen MR) is 72.4 cm³/mol. The first-order valence-electron chi connectivity index (χ1n) is 6.26. The van der Waals surface area contributed by atoms with Crippen LogP contribution in [0.4, 0.5) is 8.78 Å². The molecule has 1 aliphatic heterocycles. The van der Waals surface area contributed by atoms with Crippen LogP contribution in [0.25, 0.3) is 0 Å². The Morgan fingerprint density at radius 3 is 2.60 bits per heavy atom. The van der Waals surface area contributed by atoms with Crippen LogP contribution >= 0.6 is 12.4 Å². The summed E-state index contributed by atoms with van der Waals surface area (Å²) in [5.41, 5.74) is 6.45. The third kappa shape index (κ3) is 3.71. The molecule has 0 aromatic heterocycles. The van der Waals surface area contributed by atoms with Gasteiger partial charge in [-0.1, -0.05) is 25.8 Å². The van der Waals surface area contributed by atoms with Crippen LogP contribution in [0.1, 0.15) is 37.8 Å². The van der Waals surface area contributed by atoms with E-state index < -0.39 is 18.4 Å². The molecule has 114 valence electrons. The van der Waals surface area contributed by atoms with Crippen molar-refractivity contribution in [3.05, 3.63) is 23.8 Å². The van der Waals surface area contributed by atoms with Crippen LogP contribution in [0.3, 0.4) is 0 Å². The fourth-order valence-corrected chi connectivity index (χ4v) is 1.99. The Hall–Kier alpha value is -1.11. The largest absolute Gasteiger partial charge is 0.586 e. The molecule has 1 heterocycles. The molecule has 20 heavy (non-hydrogen) atoms. The minimum absolute atomic E-state index is 0. The molecule has 0 saturated carbocycles. The van der Waals surface area contributed by atoms with E-state index in [-0.39, 0.29) is 23.9 Å². The molecule has 0 radical (unpaired) electrons. The number of nitrogens with two attached hydrogens (primary N) is 1. The van der Waals surface area contributed by atoms with Gasteiger partial charge in [0.15, 0.2) is 11.5 Å². The first kappa shape index (κ1) is 16.9. The molecule has 7 heteroatoms. The molecule has 1 aliphatic rings. The Labute approximate surface area is 122 Å². The molecule has 0 amide bonds. The SMILES string of the molecule is CCCC[C@H](O)[C@H](N)c1ccc2c(c1)OC(F)(F)O2.Cl. The van der Waals surface area contributed by atoms with Crippen LogP contribution < -0.4 is 15.2 Å². The fourth-order valence-electron chi connectivity index (χ4n) is 1.99. The van der Waals surface area contributed by atoms with Crippen molar-refractivity contribution in [2.24, 2.45) is 5.73 Å². The Morgan fingerprint density at radius 2 is 1.95 bits per heavy atom. The normalized spacial score (nSPS) is 18.2. The minimum Gasteiger partial charge on any atom is -0.395 e. The van der Waals surface area contributed by atoms with Gasteiger partial charge in [0.2, 0.25) is 0 Å². The molecular formula is C13H18ClF2NO3. The molecule has 0 spiro atoms. The average molecular weight is 310 g/mol. The summed E-state index contributed by atoms with van der Waals surface area (Å²) in [6.45, 7) is 2.01. The zero-order valence-corrected chi connectivity index (χ0v) is 11.8. The van der Waals surface area contributed by atoms with E-state index in [9.17, 15) is 13.9 Å². The molecule has 1 aromatic rings. The number of hydrogen-bond donors (Lipinski definition) is 2. The van der Waals surface area contributed by atoms with Gasteiger partial charge in [-0.3, -0.25) is 0 Å². The second-order valence-electron chi connectivity index (χ2n) is 4.61. The third-order valence-corrected chi connectivity index (χ3v) is 3.08. The van der Waals surface area contributed by atoms with E-state index in [1.54, 1.807) is 6.07 Å². The molecule has 4 nitrogen and oxygen atoms in total. The monoisotopic (exact) mass is 309 g/mol. The van der Waals surface area contributed by atoms with E-state index >= 15 is 0 Å². The average Bonchev–Trinajstić information content (AvgIpc) is 2.67. The number of alkyl halides is 2. The Bertz CT molecular complexity index is 459. The highest BCUT2D eigenvalue weighted by atomic mass is 35.5. The smallest absolute Gasteiger partial charge is 0.395 e. The Balaban J connectivity index is 0.00000200. The van der Waals surface area contributed by atoms with Crippen LogP contribution in [0.2, 0.25) is 0 Å². The second-order valence-corrected chi connectivity index (χ2v) is 4.61. The Morgan fingerprint density at radius 1 is 1.30 bits per heavy atom. The van der Waals surface area contributed by atoms with Crippen molar-refractivity contribution in [3.63, 3.8) is 0 Å². The van der Waals surface area contributed by atoms with E-state index in [4.69, 9.17) is 5.73 Å². The van der Waals surface area contributed by atoms with Crippen LogP contribution in [0.5, 0.6) is 11.5 Å². The number of hydrogen-bond acceptors (Lipinski definition) is 4. The summed E-state index contributed by atoms with van der Waals surface area (Å²) in [6, 6.07) is 3.69. The molecule has 2 rings (SSSR count). The van der Waals surface area contributed by atoms with Gasteiger partial charge in [0.25, 0.3) is 0 Å². The van der Waals surface area contributed by atoms with E-state index in [2.05, 4.69) is 9.47 Å².